The lowest BCUT2D eigenvalue weighted by molar-refractivity contribution is -0.140. The molecular formula is C32H34F3N5O4. The highest BCUT2D eigenvalue weighted by Gasteiger charge is 2.49. The Bertz CT molecular complexity index is 1760. The van der Waals surface area contributed by atoms with Crippen LogP contribution in [0.25, 0.3) is 32.9 Å². The predicted octanol–water partition coefficient (Wildman–Crippen LogP) is 5.35. The maximum absolute atomic E-state index is 16.6. The number of carbonyl (C=O) groups excluding carboxylic acids is 1. The minimum absolute atomic E-state index is 0.0548. The molecule has 0 bridgehead atoms. The molecule has 9 nitrogen and oxygen atoms in total. The molecule has 4 heterocycles. The van der Waals surface area contributed by atoms with E-state index in [4.69, 9.17) is 9.47 Å². The molecule has 2 atom stereocenters. The third-order valence-electron chi connectivity index (χ3n) is 8.88. The van der Waals surface area contributed by atoms with Crippen LogP contribution in [0.4, 0.5) is 19.0 Å². The molecule has 0 spiro atoms. The Morgan fingerprint density at radius 2 is 2.07 bits per heavy atom. The summed E-state index contributed by atoms with van der Waals surface area (Å²) in [5, 5.41) is 11.7. The molecule has 2 saturated heterocycles. The van der Waals surface area contributed by atoms with Crippen LogP contribution in [0.2, 0.25) is 0 Å². The van der Waals surface area contributed by atoms with Crippen molar-refractivity contribution >= 4 is 33.5 Å². The minimum Gasteiger partial charge on any atom is -0.508 e. The van der Waals surface area contributed by atoms with Crippen molar-refractivity contribution in [2.45, 2.75) is 50.7 Å². The number of methoxy groups -OCH3 is 1. The van der Waals surface area contributed by atoms with Crippen LogP contribution in [0, 0.1) is 11.6 Å². The maximum Gasteiger partial charge on any atom is 0.319 e. The van der Waals surface area contributed by atoms with Gasteiger partial charge in [0.05, 0.1) is 24.5 Å². The van der Waals surface area contributed by atoms with Crippen molar-refractivity contribution in [1.29, 1.82) is 0 Å². The Hall–Kier alpha value is -4.19. The first-order chi connectivity index (χ1) is 21.1. The summed E-state index contributed by atoms with van der Waals surface area (Å²) < 4.78 is 56.7. The average molecular weight is 610 g/mol. The van der Waals surface area contributed by atoms with Gasteiger partial charge < -0.3 is 19.5 Å². The highest BCUT2D eigenvalue weighted by Crippen LogP contribution is 2.41. The molecule has 2 aliphatic rings. The molecule has 4 aromatic rings. The number of aryl methyl sites for hydroxylation is 1. The molecule has 0 amide bonds. The van der Waals surface area contributed by atoms with Gasteiger partial charge >= 0.3 is 12.0 Å². The molecule has 0 saturated carbocycles. The number of anilines is 1. The second kappa shape index (κ2) is 11.7. The van der Waals surface area contributed by atoms with E-state index in [1.807, 2.05) is 0 Å². The van der Waals surface area contributed by atoms with Gasteiger partial charge in [0.15, 0.2) is 5.82 Å². The Kier molecular flexibility index (Phi) is 7.95. The van der Waals surface area contributed by atoms with Crippen LogP contribution in [0.5, 0.6) is 11.8 Å². The third-order valence-corrected chi connectivity index (χ3v) is 8.88. The number of hydrogen-bond donors (Lipinski definition) is 1. The van der Waals surface area contributed by atoms with Crippen LogP contribution in [0.1, 0.15) is 38.2 Å². The summed E-state index contributed by atoms with van der Waals surface area (Å²) in [5.41, 5.74) is -0.100. The average Bonchev–Trinajstić information content (AvgIpc) is 3.54. The Morgan fingerprint density at radius 3 is 2.84 bits per heavy atom. The molecule has 6 rings (SSSR count). The first-order valence-corrected chi connectivity index (χ1v) is 14.7. The standard InChI is InChI=1S/C32H34F3N5O4/c1-4-21-24(34)7-6-18-12-20(41)13-22(26(18)21)28-27(35)29-23(15-36-28)30(39(2)11-8-25(42)43-3)38-31(37-29)44-17-32-9-5-10-40(32)16-19(33)14-32/h6-7,12-13,15,19,41H,4-5,8-11,14,16-17H2,1-3H3/t19-,32+/m1/s1. The molecule has 0 unspecified atom stereocenters. The fraction of sp³-hybridized carbons (Fsp3) is 0.438. The van der Waals surface area contributed by atoms with Gasteiger partial charge in [0.1, 0.15) is 41.4 Å². The zero-order chi connectivity index (χ0) is 31.2. The quantitative estimate of drug-likeness (QED) is 0.252. The largest absolute Gasteiger partial charge is 0.508 e. The van der Waals surface area contributed by atoms with E-state index in [1.165, 1.54) is 37.6 Å². The monoisotopic (exact) mass is 609 g/mol. The lowest BCUT2D eigenvalue weighted by Gasteiger charge is -2.31. The van der Waals surface area contributed by atoms with E-state index in [0.29, 0.717) is 35.7 Å². The SMILES string of the molecule is CCc1c(F)ccc2cc(O)cc(-c3ncc4c(N(C)CCC(=O)OC)nc(OC[C@@]56CCCN5C[C@H](F)C6)nc4c3F)c12. The Balaban J connectivity index is 1.48. The van der Waals surface area contributed by atoms with Gasteiger partial charge in [-0.05, 0) is 60.3 Å². The van der Waals surface area contributed by atoms with Gasteiger partial charge in [0, 0.05) is 38.3 Å². The number of halogens is 3. The van der Waals surface area contributed by atoms with E-state index < -0.39 is 29.3 Å². The van der Waals surface area contributed by atoms with Gasteiger partial charge in [-0.1, -0.05) is 13.0 Å². The summed E-state index contributed by atoms with van der Waals surface area (Å²) in [5.74, 6) is -1.51. The number of carbonyl (C=O) groups is 1. The van der Waals surface area contributed by atoms with Crippen molar-refractivity contribution in [1.82, 2.24) is 19.9 Å². The topological polar surface area (TPSA) is 101 Å². The molecule has 44 heavy (non-hydrogen) atoms. The zero-order valence-corrected chi connectivity index (χ0v) is 24.9. The van der Waals surface area contributed by atoms with Crippen LogP contribution in [0.15, 0.2) is 30.5 Å². The van der Waals surface area contributed by atoms with Crippen molar-refractivity contribution in [3.05, 3.63) is 47.7 Å². The number of aromatic nitrogens is 3. The number of pyridine rings is 1. The van der Waals surface area contributed by atoms with Gasteiger partial charge in [-0.25, -0.2) is 13.2 Å². The number of phenols is 1. The fourth-order valence-corrected chi connectivity index (χ4v) is 6.71. The smallest absolute Gasteiger partial charge is 0.319 e. The van der Waals surface area contributed by atoms with Gasteiger partial charge in [-0.3, -0.25) is 14.7 Å². The molecular weight excluding hydrogens is 575 g/mol. The van der Waals surface area contributed by atoms with Crippen LogP contribution in [-0.4, -0.2) is 83.0 Å². The molecule has 2 aliphatic heterocycles. The summed E-state index contributed by atoms with van der Waals surface area (Å²) in [6, 6.07) is 5.61. The van der Waals surface area contributed by atoms with Crippen LogP contribution in [0.3, 0.4) is 0 Å². The van der Waals surface area contributed by atoms with Crippen LogP contribution < -0.4 is 9.64 Å². The number of hydrogen-bond acceptors (Lipinski definition) is 9. The summed E-state index contributed by atoms with van der Waals surface area (Å²) in [7, 11) is 2.99. The summed E-state index contributed by atoms with van der Waals surface area (Å²) >= 11 is 0. The van der Waals surface area contributed by atoms with Crippen molar-refractivity contribution in [3.63, 3.8) is 0 Å². The van der Waals surface area contributed by atoms with Gasteiger partial charge in [-0.2, -0.15) is 9.97 Å². The fourth-order valence-electron chi connectivity index (χ4n) is 6.71. The highest BCUT2D eigenvalue weighted by molar-refractivity contribution is 6.01. The van der Waals surface area contributed by atoms with Crippen molar-refractivity contribution < 1.29 is 32.5 Å². The second-order valence-electron chi connectivity index (χ2n) is 11.6. The first kappa shape index (κ1) is 29.9. The number of ether oxygens (including phenoxy) is 2. The van der Waals surface area contributed by atoms with E-state index in [1.54, 1.807) is 18.9 Å². The molecule has 2 aromatic heterocycles. The number of nitrogens with zero attached hydrogens (tertiary/aromatic N) is 5. The summed E-state index contributed by atoms with van der Waals surface area (Å²) in [6.07, 6.45) is 2.91. The van der Waals surface area contributed by atoms with Crippen molar-refractivity contribution in [2.24, 2.45) is 0 Å². The highest BCUT2D eigenvalue weighted by atomic mass is 19.1. The number of rotatable bonds is 9. The van der Waals surface area contributed by atoms with Crippen molar-refractivity contribution in [2.75, 3.05) is 45.3 Å². The minimum atomic E-state index is -0.947. The first-order valence-electron chi connectivity index (χ1n) is 14.7. The van der Waals surface area contributed by atoms with E-state index in [9.17, 15) is 18.7 Å². The molecule has 2 fully saturated rings. The van der Waals surface area contributed by atoms with E-state index in [2.05, 4.69) is 19.9 Å². The Labute approximate surface area is 252 Å². The molecule has 1 N–H and O–H groups in total. The lowest BCUT2D eigenvalue weighted by atomic mass is 9.94. The summed E-state index contributed by atoms with van der Waals surface area (Å²) in [4.78, 5) is 29.1. The second-order valence-corrected chi connectivity index (χ2v) is 11.6. The maximum atomic E-state index is 16.6. The number of benzene rings is 2. The molecule has 0 aliphatic carbocycles. The van der Waals surface area contributed by atoms with Gasteiger partial charge in [-0.15, -0.1) is 0 Å². The van der Waals surface area contributed by atoms with E-state index >= 15 is 4.39 Å². The lowest BCUT2D eigenvalue weighted by Crippen LogP contribution is -2.43. The van der Waals surface area contributed by atoms with Crippen LogP contribution in [-0.2, 0) is 16.0 Å². The number of fused-ring (bicyclic) bond motifs is 3. The normalized spacial score (nSPS) is 19.9. The van der Waals surface area contributed by atoms with Gasteiger partial charge in [0.2, 0.25) is 0 Å². The third kappa shape index (κ3) is 5.25. The molecule has 2 aromatic carbocycles. The summed E-state index contributed by atoms with van der Waals surface area (Å²) in [6.45, 7) is 3.28. The van der Waals surface area contributed by atoms with Crippen LogP contribution >= 0.6 is 0 Å². The number of alkyl halides is 1. The number of aromatic hydroxyl groups is 1. The number of phenolic OH excluding ortho intramolecular Hbond substituents is 1. The number of esters is 1. The molecule has 0 radical (unpaired) electrons. The predicted molar refractivity (Wildman–Crippen MR) is 160 cm³/mol. The van der Waals surface area contributed by atoms with Crippen molar-refractivity contribution in [3.8, 4) is 23.0 Å². The van der Waals surface area contributed by atoms with E-state index in [-0.39, 0.29) is 59.3 Å². The Morgan fingerprint density at radius 1 is 1.25 bits per heavy atom. The van der Waals surface area contributed by atoms with E-state index in [0.717, 1.165) is 19.4 Å². The molecule has 12 heteroatoms. The zero-order valence-electron chi connectivity index (χ0n) is 24.9. The molecule has 232 valence electrons. The van der Waals surface area contributed by atoms with Gasteiger partial charge in [0.25, 0.3) is 0 Å².